The van der Waals surface area contributed by atoms with E-state index in [0.717, 1.165) is 73.1 Å². The maximum Gasteiger partial charge on any atom is 0.232 e. The fraction of sp³-hybridized carbons (Fsp3) is 0.583. The second-order valence-corrected chi connectivity index (χ2v) is 15.4. The van der Waals surface area contributed by atoms with Gasteiger partial charge in [0.15, 0.2) is 5.82 Å². The largest absolute Gasteiger partial charge is 0.494 e. The van der Waals surface area contributed by atoms with Gasteiger partial charge in [0.2, 0.25) is 11.8 Å². The number of anilines is 3. The van der Waals surface area contributed by atoms with Crippen LogP contribution in [0.3, 0.4) is 0 Å². The first kappa shape index (κ1) is 29.3. The second-order valence-electron chi connectivity index (χ2n) is 15.4. The predicted octanol–water partition coefficient (Wildman–Crippen LogP) is 8.42. The molecule has 4 bridgehead atoms. The van der Waals surface area contributed by atoms with Crippen LogP contribution in [0.25, 0.3) is 0 Å². The highest BCUT2D eigenvalue weighted by Gasteiger charge is 2.69. The van der Waals surface area contributed by atoms with Crippen LogP contribution in [0.15, 0.2) is 53.1 Å². The van der Waals surface area contributed by atoms with Crippen molar-refractivity contribution in [3.8, 4) is 5.75 Å². The van der Waals surface area contributed by atoms with E-state index in [1.807, 2.05) is 54.3 Å². The third kappa shape index (κ3) is 5.28. The molecule has 9 rings (SSSR count). The Morgan fingerprint density at radius 3 is 2.25 bits per heavy atom. The van der Waals surface area contributed by atoms with Gasteiger partial charge >= 0.3 is 0 Å². The van der Waals surface area contributed by atoms with Crippen LogP contribution in [0, 0.1) is 10.8 Å². The number of benzene rings is 2. The molecular weight excluding hydrogens is 555 g/mol. The lowest BCUT2D eigenvalue weighted by Gasteiger charge is -2.66. The average molecular weight is 601 g/mol. The monoisotopic (exact) mass is 600 g/mol. The highest BCUT2D eigenvalue weighted by atomic mass is 19.1. The molecule has 6 fully saturated rings. The molecule has 0 saturated heterocycles. The maximum atomic E-state index is 14.4. The first-order chi connectivity index (χ1) is 20.9. The van der Waals surface area contributed by atoms with Crippen molar-refractivity contribution in [3.63, 3.8) is 0 Å². The molecule has 2 aromatic carbocycles. The lowest BCUT2D eigenvalue weighted by molar-refractivity contribution is -0.215. The standard InChI is InChI=1S/C36H45FN4O3/c1-5-43-28-11-9-25(10-12-28)38-26-7-6-8-27(19-26)41(29(42)20-34-21-36(37,22-34)23-34)24-33-13-16-35(17-14-33,18-15-33)31-39-30(40-44-31)32(2,3)4/h6-12,19,38H,5,13-18,20-24H2,1-4H3. The van der Waals surface area contributed by atoms with Gasteiger partial charge in [0.1, 0.15) is 11.4 Å². The van der Waals surface area contributed by atoms with E-state index in [4.69, 9.17) is 14.2 Å². The third-order valence-corrected chi connectivity index (χ3v) is 11.0. The molecule has 8 heteroatoms. The normalized spacial score (nSPS) is 30.3. The molecule has 1 heterocycles. The summed E-state index contributed by atoms with van der Waals surface area (Å²) in [5.74, 6) is 2.52. The first-order valence-electron chi connectivity index (χ1n) is 16.4. The lowest BCUT2D eigenvalue weighted by Crippen LogP contribution is -2.65. The Bertz CT molecular complexity index is 1500. The summed E-state index contributed by atoms with van der Waals surface area (Å²) < 4.78 is 25.8. The van der Waals surface area contributed by atoms with E-state index in [0.29, 0.717) is 38.8 Å². The number of hydrogen-bond acceptors (Lipinski definition) is 6. The number of carbonyl (C=O) groups excluding carboxylic acids is 1. The summed E-state index contributed by atoms with van der Waals surface area (Å²) in [5.41, 5.74) is 1.46. The van der Waals surface area contributed by atoms with Gasteiger partial charge in [-0.1, -0.05) is 32.0 Å². The zero-order valence-corrected chi connectivity index (χ0v) is 26.5. The van der Waals surface area contributed by atoms with E-state index in [9.17, 15) is 9.18 Å². The van der Waals surface area contributed by atoms with Crippen LogP contribution in [0.1, 0.15) is 104 Å². The Morgan fingerprint density at radius 1 is 0.977 bits per heavy atom. The molecule has 44 heavy (non-hydrogen) atoms. The summed E-state index contributed by atoms with van der Waals surface area (Å²) in [5, 5.41) is 7.83. The fourth-order valence-corrected chi connectivity index (χ4v) is 8.41. The smallest absolute Gasteiger partial charge is 0.232 e. The molecule has 3 aromatic rings. The van der Waals surface area contributed by atoms with Crippen LogP contribution in [0.4, 0.5) is 21.5 Å². The number of fused-ring (bicyclic) bond motifs is 3. The van der Waals surface area contributed by atoms with Crippen LogP contribution < -0.4 is 15.0 Å². The van der Waals surface area contributed by atoms with Crippen LogP contribution in [0.2, 0.25) is 0 Å². The summed E-state index contributed by atoms with van der Waals surface area (Å²) in [6.07, 6.45) is 8.07. The number of alkyl halides is 1. The van der Waals surface area contributed by atoms with Gasteiger partial charge in [0.25, 0.3) is 0 Å². The average Bonchev–Trinajstić information content (AvgIpc) is 3.49. The van der Waals surface area contributed by atoms with Crippen molar-refractivity contribution in [3.05, 3.63) is 60.2 Å². The van der Waals surface area contributed by atoms with E-state index >= 15 is 0 Å². The number of aromatic nitrogens is 2. The van der Waals surface area contributed by atoms with E-state index < -0.39 is 5.67 Å². The van der Waals surface area contributed by atoms with Crippen molar-refractivity contribution in [2.45, 2.75) is 108 Å². The number of rotatable bonds is 10. The Kier molecular flexibility index (Phi) is 6.87. The van der Waals surface area contributed by atoms with Crippen molar-refractivity contribution in [1.82, 2.24) is 10.1 Å². The zero-order valence-electron chi connectivity index (χ0n) is 26.5. The molecule has 0 atom stereocenters. The van der Waals surface area contributed by atoms with Gasteiger partial charge in [-0.2, -0.15) is 4.98 Å². The number of hydrogen-bond donors (Lipinski definition) is 1. The molecular formula is C36H45FN4O3. The minimum atomic E-state index is -1.01. The minimum Gasteiger partial charge on any atom is -0.494 e. The van der Waals surface area contributed by atoms with Crippen LogP contribution in [-0.4, -0.2) is 34.9 Å². The number of nitrogens with zero attached hydrogens (tertiary/aromatic N) is 3. The molecule has 1 amide bonds. The molecule has 6 saturated carbocycles. The highest BCUT2D eigenvalue weighted by Crippen LogP contribution is 2.71. The molecule has 0 spiro atoms. The SMILES string of the molecule is CCOc1ccc(Nc2cccc(N(CC34CCC(c5nc(C(C)(C)C)no5)(CC3)CC4)C(=O)CC34CC(F)(C3)C4)c2)cc1. The fourth-order valence-electron chi connectivity index (χ4n) is 8.41. The Morgan fingerprint density at radius 2 is 1.66 bits per heavy atom. The zero-order chi connectivity index (χ0) is 30.8. The number of ether oxygens (including phenoxy) is 1. The van der Waals surface area contributed by atoms with Gasteiger partial charge in [0.05, 0.1) is 6.61 Å². The molecule has 6 aliphatic rings. The van der Waals surface area contributed by atoms with Gasteiger partial charge in [-0.05, 0) is 118 Å². The van der Waals surface area contributed by atoms with Gasteiger partial charge in [-0.3, -0.25) is 4.79 Å². The summed E-state index contributed by atoms with van der Waals surface area (Å²) in [6.45, 7) is 9.62. The molecule has 0 unspecified atom stereocenters. The highest BCUT2D eigenvalue weighted by molar-refractivity contribution is 5.95. The molecule has 6 aliphatic carbocycles. The van der Waals surface area contributed by atoms with E-state index in [1.165, 1.54) is 0 Å². The summed E-state index contributed by atoms with van der Waals surface area (Å²) in [4.78, 5) is 21.0. The van der Waals surface area contributed by atoms with Gasteiger partial charge in [-0.25, -0.2) is 4.39 Å². The Balaban J connectivity index is 1.10. The van der Waals surface area contributed by atoms with Crippen molar-refractivity contribution in [2.75, 3.05) is 23.4 Å². The Hall–Kier alpha value is -3.42. The second kappa shape index (κ2) is 10.3. The lowest BCUT2D eigenvalue weighted by atomic mass is 9.41. The molecule has 7 nitrogen and oxygen atoms in total. The van der Waals surface area contributed by atoms with Gasteiger partial charge < -0.3 is 19.5 Å². The van der Waals surface area contributed by atoms with Crippen molar-refractivity contribution in [2.24, 2.45) is 10.8 Å². The van der Waals surface area contributed by atoms with Gasteiger partial charge in [-0.15, -0.1) is 0 Å². The predicted molar refractivity (Wildman–Crippen MR) is 169 cm³/mol. The van der Waals surface area contributed by atoms with Crippen molar-refractivity contribution >= 4 is 23.0 Å². The molecule has 1 aromatic heterocycles. The Labute approximate surface area is 259 Å². The summed E-state index contributed by atoms with van der Waals surface area (Å²) >= 11 is 0. The maximum absolute atomic E-state index is 14.4. The number of carbonyl (C=O) groups is 1. The first-order valence-corrected chi connectivity index (χ1v) is 16.4. The van der Waals surface area contributed by atoms with Crippen LogP contribution in [0.5, 0.6) is 5.75 Å². The quantitative estimate of drug-likeness (QED) is 0.252. The molecule has 0 aliphatic heterocycles. The molecule has 234 valence electrons. The van der Waals surface area contributed by atoms with Gasteiger partial charge in [0, 0.05) is 40.9 Å². The van der Waals surface area contributed by atoms with E-state index in [1.54, 1.807) is 0 Å². The number of amides is 1. The molecule has 1 N–H and O–H groups in total. The summed E-state index contributed by atoms with van der Waals surface area (Å²) in [7, 11) is 0. The van der Waals surface area contributed by atoms with Crippen molar-refractivity contribution in [1.29, 1.82) is 0 Å². The van der Waals surface area contributed by atoms with Crippen molar-refractivity contribution < 1.29 is 18.4 Å². The van der Waals surface area contributed by atoms with Crippen LogP contribution in [-0.2, 0) is 15.6 Å². The van der Waals surface area contributed by atoms with E-state index in [-0.39, 0.29) is 27.6 Å². The topological polar surface area (TPSA) is 80.5 Å². The van der Waals surface area contributed by atoms with E-state index in [2.05, 4.69) is 37.3 Å². The third-order valence-electron chi connectivity index (χ3n) is 11.0. The number of nitrogens with one attached hydrogen (secondary N) is 1. The minimum absolute atomic E-state index is 0.0452. The molecule has 0 radical (unpaired) electrons. The van der Waals surface area contributed by atoms with Crippen LogP contribution >= 0.6 is 0 Å². The number of halogens is 1. The summed E-state index contributed by atoms with van der Waals surface area (Å²) in [6, 6.07) is 16.1.